The number of rotatable bonds is 7. The number of ketones is 1. The first-order chi connectivity index (χ1) is 16.3. The highest BCUT2D eigenvalue weighted by Crippen LogP contribution is 2.43. The molecule has 172 valence electrons. The molecule has 1 heterocycles. The summed E-state index contributed by atoms with van der Waals surface area (Å²) in [6.45, 7) is 3.99. The van der Waals surface area contributed by atoms with E-state index in [1.54, 1.807) is 54.6 Å². The third-order valence-corrected chi connectivity index (χ3v) is 6.81. The fraction of sp³-hybridized carbons (Fsp3) is 0.0769. The van der Waals surface area contributed by atoms with Gasteiger partial charge < -0.3 is 14.6 Å². The number of carbonyl (C=O) groups excluding carboxylic acids is 2. The summed E-state index contributed by atoms with van der Waals surface area (Å²) < 4.78 is 11.5. The fourth-order valence-corrected chi connectivity index (χ4v) is 5.33. The summed E-state index contributed by atoms with van der Waals surface area (Å²) in [4.78, 5) is 24.4. The maximum absolute atomic E-state index is 13.7. The van der Waals surface area contributed by atoms with Crippen LogP contribution in [-0.2, 0) is 9.53 Å². The zero-order valence-corrected chi connectivity index (χ0v) is 20.4. The Hall–Kier alpha value is -3.32. The Morgan fingerprint density at radius 2 is 1.76 bits per heavy atom. The number of phenols is 1. The quantitative estimate of drug-likeness (QED) is 0.156. The largest absolute Gasteiger partial charge is 0.508 e. The number of ether oxygens (including phenoxy) is 2. The van der Waals surface area contributed by atoms with Gasteiger partial charge in [0.15, 0.2) is 5.75 Å². The summed E-state index contributed by atoms with van der Waals surface area (Å²) in [5, 5.41) is 11.6. The molecule has 0 aliphatic rings. The summed E-state index contributed by atoms with van der Waals surface area (Å²) in [5.74, 6) is 0.695. The van der Waals surface area contributed by atoms with Crippen molar-refractivity contribution in [3.8, 4) is 17.2 Å². The van der Waals surface area contributed by atoms with E-state index in [9.17, 15) is 14.7 Å². The first-order valence-electron chi connectivity index (χ1n) is 10.1. The number of thiophene rings is 1. The van der Waals surface area contributed by atoms with Crippen molar-refractivity contribution in [2.24, 2.45) is 0 Å². The molecule has 34 heavy (non-hydrogen) atoms. The van der Waals surface area contributed by atoms with Crippen LogP contribution in [0, 0.1) is 13.8 Å². The van der Waals surface area contributed by atoms with Gasteiger partial charge in [-0.2, -0.15) is 0 Å². The van der Waals surface area contributed by atoms with Crippen LogP contribution in [0.15, 0.2) is 54.8 Å². The number of carbonyl (C=O) groups is 2. The lowest BCUT2D eigenvalue weighted by Crippen LogP contribution is -2.06. The summed E-state index contributed by atoms with van der Waals surface area (Å²) in [7, 11) is 0. The molecule has 0 fully saturated rings. The number of hydrogen-bond donors (Lipinski definition) is 1. The Morgan fingerprint density at radius 1 is 1.03 bits per heavy atom. The number of fused-ring (bicyclic) bond motifs is 1. The van der Waals surface area contributed by atoms with E-state index in [1.165, 1.54) is 17.6 Å². The molecule has 0 aliphatic heterocycles. The molecule has 0 bridgehead atoms. The van der Waals surface area contributed by atoms with Gasteiger partial charge in [0.05, 0.1) is 11.3 Å². The lowest BCUT2D eigenvalue weighted by molar-refractivity contribution is -0.123. The molecule has 3 aromatic carbocycles. The summed E-state index contributed by atoms with van der Waals surface area (Å²) in [6, 6.07) is 13.4. The van der Waals surface area contributed by atoms with Crippen molar-refractivity contribution < 1.29 is 24.2 Å². The van der Waals surface area contributed by atoms with E-state index in [4.69, 9.17) is 27.9 Å². The van der Waals surface area contributed by atoms with Gasteiger partial charge in [-0.05, 0) is 79.1 Å². The van der Waals surface area contributed by atoms with Crippen molar-refractivity contribution in [2.45, 2.75) is 13.8 Å². The molecule has 0 radical (unpaired) electrons. The van der Waals surface area contributed by atoms with Crippen LogP contribution < -0.4 is 4.74 Å². The number of halogens is 2. The summed E-state index contributed by atoms with van der Waals surface area (Å²) in [5.41, 5.74) is 2.70. The smallest absolute Gasteiger partial charge is 0.297 e. The van der Waals surface area contributed by atoms with Gasteiger partial charge in [-0.1, -0.05) is 23.2 Å². The molecular formula is C26H18Cl2O5S. The number of aromatic hydroxyl groups is 1. The molecule has 5 nitrogen and oxygen atoms in total. The van der Waals surface area contributed by atoms with E-state index >= 15 is 0 Å². The van der Waals surface area contributed by atoms with Crippen molar-refractivity contribution in [1.29, 1.82) is 0 Å². The minimum atomic E-state index is -0.195. The molecular weight excluding hydrogens is 495 g/mol. The lowest BCUT2D eigenvalue weighted by Gasteiger charge is -2.12. The van der Waals surface area contributed by atoms with Crippen LogP contribution in [0.2, 0.25) is 10.0 Å². The van der Waals surface area contributed by atoms with Crippen molar-refractivity contribution in [3.63, 3.8) is 0 Å². The molecule has 0 atom stereocenters. The molecule has 0 saturated heterocycles. The second kappa shape index (κ2) is 9.89. The number of hydrogen-bond acceptors (Lipinski definition) is 6. The van der Waals surface area contributed by atoms with E-state index < -0.39 is 0 Å². The van der Waals surface area contributed by atoms with Crippen LogP contribution in [0.3, 0.4) is 0 Å². The molecule has 0 saturated carbocycles. The van der Waals surface area contributed by atoms with Crippen LogP contribution in [0.4, 0.5) is 0 Å². The van der Waals surface area contributed by atoms with Crippen molar-refractivity contribution in [1.82, 2.24) is 0 Å². The Bertz CT molecular complexity index is 1430. The topological polar surface area (TPSA) is 72.8 Å². The zero-order valence-electron chi connectivity index (χ0n) is 18.1. The zero-order chi connectivity index (χ0) is 24.4. The van der Waals surface area contributed by atoms with Crippen LogP contribution in [-0.4, -0.2) is 17.4 Å². The maximum atomic E-state index is 13.7. The molecule has 0 unspecified atom stereocenters. The standard InChI is InChI=1S/C26H18Cl2O5S/c1-14-9-17(27)10-15(2)23(14)24(31)26-25(20-6-4-18(30)11-22(20)34-26)33-19-5-3-16(21(28)12-19)7-8-32-13-29/h3-13,30H,1-2H3/b8-7+. The van der Waals surface area contributed by atoms with Gasteiger partial charge in [0.2, 0.25) is 5.78 Å². The van der Waals surface area contributed by atoms with Gasteiger partial charge in [-0.3, -0.25) is 9.59 Å². The first-order valence-corrected chi connectivity index (χ1v) is 11.7. The third-order valence-electron chi connectivity index (χ3n) is 5.13. The highest BCUT2D eigenvalue weighted by atomic mass is 35.5. The predicted molar refractivity (Wildman–Crippen MR) is 136 cm³/mol. The van der Waals surface area contributed by atoms with Crippen molar-refractivity contribution >= 4 is 63.0 Å². The van der Waals surface area contributed by atoms with Crippen LogP contribution in [0.25, 0.3) is 16.2 Å². The van der Waals surface area contributed by atoms with Crippen LogP contribution >= 0.6 is 34.5 Å². The molecule has 0 aliphatic carbocycles. The second-order valence-electron chi connectivity index (χ2n) is 7.50. The van der Waals surface area contributed by atoms with E-state index in [0.29, 0.717) is 54.1 Å². The van der Waals surface area contributed by atoms with Gasteiger partial charge in [0.1, 0.15) is 16.4 Å². The molecule has 8 heteroatoms. The minimum absolute atomic E-state index is 0.0925. The minimum Gasteiger partial charge on any atom is -0.508 e. The number of aryl methyl sites for hydroxylation is 2. The second-order valence-corrected chi connectivity index (χ2v) is 9.40. The van der Waals surface area contributed by atoms with Gasteiger partial charge in [-0.15, -0.1) is 11.3 Å². The Balaban J connectivity index is 1.80. The highest BCUT2D eigenvalue weighted by Gasteiger charge is 2.25. The van der Waals surface area contributed by atoms with E-state index in [2.05, 4.69) is 4.74 Å². The number of benzene rings is 3. The summed E-state index contributed by atoms with van der Waals surface area (Å²) >= 11 is 13.8. The molecule has 4 aromatic rings. The van der Waals surface area contributed by atoms with Gasteiger partial charge >= 0.3 is 0 Å². The summed E-state index contributed by atoms with van der Waals surface area (Å²) in [6.07, 6.45) is 2.77. The Labute approximate surface area is 209 Å². The fourth-order valence-electron chi connectivity index (χ4n) is 3.66. The third kappa shape index (κ3) is 4.80. The highest BCUT2D eigenvalue weighted by molar-refractivity contribution is 7.21. The van der Waals surface area contributed by atoms with E-state index in [0.717, 1.165) is 11.1 Å². The Morgan fingerprint density at radius 3 is 2.44 bits per heavy atom. The molecule has 1 N–H and O–H groups in total. The van der Waals surface area contributed by atoms with Crippen LogP contribution in [0.5, 0.6) is 17.2 Å². The monoisotopic (exact) mass is 512 g/mol. The first kappa shape index (κ1) is 23.8. The van der Waals surface area contributed by atoms with Crippen molar-refractivity contribution in [3.05, 3.63) is 92.0 Å². The Kier molecular flexibility index (Phi) is 6.93. The molecule has 4 rings (SSSR count). The average molecular weight is 513 g/mol. The van der Waals surface area contributed by atoms with Gasteiger partial charge in [0, 0.05) is 26.7 Å². The van der Waals surface area contributed by atoms with Crippen molar-refractivity contribution in [2.75, 3.05) is 0 Å². The van der Waals surface area contributed by atoms with Gasteiger partial charge in [0.25, 0.3) is 6.47 Å². The van der Waals surface area contributed by atoms with Crippen LogP contribution in [0.1, 0.15) is 31.9 Å². The number of phenolic OH excluding ortho intramolecular Hbond substituents is 1. The van der Waals surface area contributed by atoms with Gasteiger partial charge in [-0.25, -0.2) is 0 Å². The van der Waals surface area contributed by atoms with E-state index in [-0.39, 0.29) is 11.5 Å². The normalized spacial score (nSPS) is 11.2. The molecule has 0 amide bonds. The predicted octanol–water partition coefficient (Wildman–Crippen LogP) is 7.70. The molecule has 1 aromatic heterocycles. The maximum Gasteiger partial charge on any atom is 0.297 e. The lowest BCUT2D eigenvalue weighted by atomic mass is 9.98. The molecule has 0 spiro atoms. The SMILES string of the molecule is Cc1cc(Cl)cc(C)c1C(=O)c1sc2cc(O)ccc2c1Oc1ccc(/C=C/OC=O)c(Cl)c1. The van der Waals surface area contributed by atoms with E-state index in [1.807, 2.05) is 13.8 Å². The average Bonchev–Trinajstić information content (AvgIpc) is 3.12.